The van der Waals surface area contributed by atoms with Crippen LogP contribution in [-0.2, 0) is 6.54 Å². The van der Waals surface area contributed by atoms with Gasteiger partial charge in [-0.3, -0.25) is 0 Å². The van der Waals surface area contributed by atoms with E-state index in [1.165, 1.54) is 27.9 Å². The van der Waals surface area contributed by atoms with Crippen molar-refractivity contribution < 1.29 is 0 Å². The zero-order valence-electron chi connectivity index (χ0n) is 8.42. The van der Waals surface area contributed by atoms with Crippen molar-refractivity contribution >= 4 is 27.3 Å². The van der Waals surface area contributed by atoms with Crippen molar-refractivity contribution in [2.24, 2.45) is 5.92 Å². The molecule has 0 amide bonds. The van der Waals surface area contributed by atoms with Gasteiger partial charge in [0.1, 0.15) is 0 Å². The first-order valence-corrected chi connectivity index (χ1v) is 6.84. The predicted molar refractivity (Wildman–Crippen MR) is 65.7 cm³/mol. The van der Waals surface area contributed by atoms with E-state index in [2.05, 4.69) is 40.3 Å². The van der Waals surface area contributed by atoms with Gasteiger partial charge in [-0.25, -0.2) is 0 Å². The summed E-state index contributed by atoms with van der Waals surface area (Å²) in [6, 6.07) is 5.07. The van der Waals surface area contributed by atoms with Gasteiger partial charge in [0.2, 0.25) is 0 Å². The largest absolute Gasteiger partial charge is 0.309 e. The third-order valence-electron chi connectivity index (χ3n) is 3.03. The van der Waals surface area contributed by atoms with Crippen LogP contribution in [0.15, 0.2) is 15.9 Å². The number of thiophene rings is 1. The van der Waals surface area contributed by atoms with Crippen molar-refractivity contribution in [3.8, 4) is 0 Å². The summed E-state index contributed by atoms with van der Waals surface area (Å²) in [6.45, 7) is 3.39. The second-order valence-electron chi connectivity index (χ2n) is 4.10. The lowest BCUT2D eigenvalue weighted by atomic mass is 10.1. The second kappa shape index (κ2) is 4.77. The lowest BCUT2D eigenvalue weighted by Gasteiger charge is -2.16. The summed E-state index contributed by atoms with van der Waals surface area (Å²) in [4.78, 5) is 1.43. The summed E-state index contributed by atoms with van der Waals surface area (Å²) in [7, 11) is 0. The molecule has 3 heteroatoms. The summed E-state index contributed by atoms with van der Waals surface area (Å²) >= 11 is 5.31. The first kappa shape index (κ1) is 10.7. The minimum atomic E-state index is 0.746. The van der Waals surface area contributed by atoms with Gasteiger partial charge in [-0.1, -0.05) is 13.3 Å². The van der Waals surface area contributed by atoms with E-state index < -0.39 is 0 Å². The Morgan fingerprint density at radius 3 is 2.93 bits per heavy atom. The van der Waals surface area contributed by atoms with E-state index in [-0.39, 0.29) is 0 Å². The maximum absolute atomic E-state index is 3.65. The summed E-state index contributed by atoms with van der Waals surface area (Å²) in [5, 5.41) is 3.65. The van der Waals surface area contributed by atoms with Gasteiger partial charge in [-0.2, -0.15) is 0 Å². The van der Waals surface area contributed by atoms with E-state index in [4.69, 9.17) is 0 Å². The number of rotatable bonds is 3. The topological polar surface area (TPSA) is 12.0 Å². The highest BCUT2D eigenvalue weighted by atomic mass is 79.9. The van der Waals surface area contributed by atoms with Gasteiger partial charge in [0, 0.05) is 17.5 Å². The summed E-state index contributed by atoms with van der Waals surface area (Å²) in [6.07, 6.45) is 4.15. The summed E-state index contributed by atoms with van der Waals surface area (Å²) in [5.74, 6) is 0.860. The molecular formula is C11H16BrNS. The van der Waals surface area contributed by atoms with Crippen LogP contribution in [0.25, 0.3) is 0 Å². The first-order chi connectivity index (χ1) is 6.75. The van der Waals surface area contributed by atoms with Gasteiger partial charge in [-0.05, 0) is 46.8 Å². The van der Waals surface area contributed by atoms with Crippen LogP contribution in [0, 0.1) is 5.92 Å². The molecule has 0 aromatic carbocycles. The lowest BCUT2D eigenvalue weighted by molar-refractivity contribution is 0.427. The molecule has 0 aliphatic heterocycles. The molecule has 1 aromatic rings. The van der Waals surface area contributed by atoms with E-state index in [9.17, 15) is 0 Å². The zero-order chi connectivity index (χ0) is 9.97. The SMILES string of the molecule is CC1CCCC1NCc1ccc(Br)s1. The van der Waals surface area contributed by atoms with Crippen LogP contribution in [0.1, 0.15) is 31.1 Å². The molecule has 1 N–H and O–H groups in total. The molecule has 0 saturated heterocycles. The van der Waals surface area contributed by atoms with Gasteiger partial charge in [-0.15, -0.1) is 11.3 Å². The quantitative estimate of drug-likeness (QED) is 0.884. The molecule has 2 atom stereocenters. The first-order valence-electron chi connectivity index (χ1n) is 5.23. The smallest absolute Gasteiger partial charge is 0.0701 e. The average Bonchev–Trinajstić information content (AvgIpc) is 2.72. The Morgan fingerprint density at radius 1 is 1.50 bits per heavy atom. The molecule has 0 radical (unpaired) electrons. The van der Waals surface area contributed by atoms with Crippen LogP contribution in [0.3, 0.4) is 0 Å². The molecule has 1 nitrogen and oxygen atoms in total. The van der Waals surface area contributed by atoms with Gasteiger partial charge >= 0.3 is 0 Å². The molecule has 1 fully saturated rings. The van der Waals surface area contributed by atoms with Crippen LogP contribution in [0.4, 0.5) is 0 Å². The molecule has 2 unspecified atom stereocenters. The monoisotopic (exact) mass is 273 g/mol. The van der Waals surface area contributed by atoms with Crippen molar-refractivity contribution in [2.45, 2.75) is 38.8 Å². The molecule has 2 rings (SSSR count). The molecule has 1 aliphatic carbocycles. The highest BCUT2D eigenvalue weighted by Gasteiger charge is 2.22. The van der Waals surface area contributed by atoms with Crippen LogP contribution in [0.5, 0.6) is 0 Å². The fourth-order valence-electron chi connectivity index (χ4n) is 2.13. The number of hydrogen-bond acceptors (Lipinski definition) is 2. The number of nitrogens with one attached hydrogen (secondary N) is 1. The predicted octanol–water partition coefficient (Wildman–Crippen LogP) is 3.79. The second-order valence-corrected chi connectivity index (χ2v) is 6.65. The summed E-state index contributed by atoms with van der Waals surface area (Å²) in [5.41, 5.74) is 0. The van der Waals surface area contributed by atoms with Crippen LogP contribution in [-0.4, -0.2) is 6.04 Å². The Hall–Kier alpha value is 0.140. The molecular weight excluding hydrogens is 258 g/mol. The Morgan fingerprint density at radius 2 is 2.36 bits per heavy atom. The number of hydrogen-bond donors (Lipinski definition) is 1. The minimum absolute atomic E-state index is 0.746. The molecule has 1 heterocycles. The maximum Gasteiger partial charge on any atom is 0.0701 e. The molecule has 1 aromatic heterocycles. The highest BCUT2D eigenvalue weighted by Crippen LogP contribution is 2.26. The standard InChI is InChI=1S/C11H16BrNS/c1-8-3-2-4-10(8)13-7-9-5-6-11(12)14-9/h5-6,8,10,13H,2-4,7H2,1H3. The van der Waals surface area contributed by atoms with E-state index in [1.807, 2.05) is 11.3 Å². The molecule has 1 saturated carbocycles. The Balaban J connectivity index is 1.82. The van der Waals surface area contributed by atoms with Crippen molar-refractivity contribution in [1.82, 2.24) is 5.32 Å². The Kier molecular flexibility index (Phi) is 3.63. The van der Waals surface area contributed by atoms with Gasteiger partial charge < -0.3 is 5.32 Å². The zero-order valence-corrected chi connectivity index (χ0v) is 10.8. The van der Waals surface area contributed by atoms with Crippen molar-refractivity contribution in [3.05, 3.63) is 20.8 Å². The van der Waals surface area contributed by atoms with E-state index in [1.54, 1.807) is 0 Å². The minimum Gasteiger partial charge on any atom is -0.309 e. The highest BCUT2D eigenvalue weighted by molar-refractivity contribution is 9.11. The fraction of sp³-hybridized carbons (Fsp3) is 0.636. The van der Waals surface area contributed by atoms with Crippen LogP contribution in [0.2, 0.25) is 0 Å². The van der Waals surface area contributed by atoms with E-state index >= 15 is 0 Å². The van der Waals surface area contributed by atoms with Gasteiger partial charge in [0.05, 0.1) is 3.79 Å². The third kappa shape index (κ3) is 2.59. The molecule has 1 aliphatic rings. The number of halogens is 1. The third-order valence-corrected chi connectivity index (χ3v) is 4.65. The van der Waals surface area contributed by atoms with Crippen molar-refractivity contribution in [1.29, 1.82) is 0 Å². The Labute approximate surface area is 98.0 Å². The van der Waals surface area contributed by atoms with E-state index in [0.717, 1.165) is 18.5 Å². The molecule has 78 valence electrons. The Bertz CT molecular complexity index is 297. The molecule has 14 heavy (non-hydrogen) atoms. The van der Waals surface area contributed by atoms with Crippen molar-refractivity contribution in [3.63, 3.8) is 0 Å². The molecule has 0 spiro atoms. The van der Waals surface area contributed by atoms with E-state index in [0.29, 0.717) is 0 Å². The van der Waals surface area contributed by atoms with Crippen LogP contribution >= 0.6 is 27.3 Å². The van der Waals surface area contributed by atoms with Crippen molar-refractivity contribution in [2.75, 3.05) is 0 Å². The fourth-order valence-corrected chi connectivity index (χ4v) is 3.56. The van der Waals surface area contributed by atoms with Gasteiger partial charge in [0.15, 0.2) is 0 Å². The van der Waals surface area contributed by atoms with Crippen LogP contribution < -0.4 is 5.32 Å². The van der Waals surface area contributed by atoms with Gasteiger partial charge in [0.25, 0.3) is 0 Å². The lowest BCUT2D eigenvalue weighted by Crippen LogP contribution is -2.30. The molecule has 0 bridgehead atoms. The normalized spacial score (nSPS) is 27.0. The summed E-state index contributed by atoms with van der Waals surface area (Å²) < 4.78 is 1.23. The maximum atomic E-state index is 3.65. The average molecular weight is 274 g/mol.